The molecule has 5 nitrogen and oxygen atoms in total. The molecule has 0 aliphatic heterocycles. The number of urea groups is 1. The Morgan fingerprint density at radius 2 is 1.83 bits per heavy atom. The maximum Gasteiger partial charge on any atom is 0.321 e. The van der Waals surface area contributed by atoms with Crippen molar-refractivity contribution in [2.45, 2.75) is 39.5 Å². The molecule has 0 saturated carbocycles. The first-order valence-corrected chi connectivity index (χ1v) is 9.70. The Kier molecular flexibility index (Phi) is 7.37. The molecule has 29 heavy (non-hydrogen) atoms. The first-order chi connectivity index (χ1) is 13.6. The molecule has 6 heteroatoms. The van der Waals surface area contributed by atoms with Crippen LogP contribution in [0.3, 0.4) is 0 Å². The first-order valence-electron chi connectivity index (χ1n) is 9.70. The third-order valence-electron chi connectivity index (χ3n) is 4.57. The minimum Gasteiger partial charge on any atom is -0.491 e. The van der Waals surface area contributed by atoms with Crippen molar-refractivity contribution < 1.29 is 18.7 Å². The minimum atomic E-state index is -0.333. The molecular weight excluding hydrogens is 371 g/mol. The zero-order valence-corrected chi connectivity index (χ0v) is 17.7. The summed E-state index contributed by atoms with van der Waals surface area (Å²) in [7, 11) is 1.65. The zero-order valence-electron chi connectivity index (χ0n) is 17.7. The number of likely N-dealkylation sites (N-methyl/N-ethyl adjacent to an activating group) is 1. The average molecular weight is 400 g/mol. The molecule has 0 atom stereocenters. The lowest BCUT2D eigenvalue weighted by molar-refractivity contribution is 0.0989. The second-order valence-corrected chi connectivity index (χ2v) is 7.91. The molecule has 0 fully saturated rings. The van der Waals surface area contributed by atoms with Gasteiger partial charge in [0.2, 0.25) is 0 Å². The topological polar surface area (TPSA) is 58.6 Å². The smallest absolute Gasteiger partial charge is 0.321 e. The van der Waals surface area contributed by atoms with Gasteiger partial charge in [0.05, 0.1) is 12.2 Å². The summed E-state index contributed by atoms with van der Waals surface area (Å²) in [5.74, 6) is 0.267. The molecule has 2 amide bonds. The summed E-state index contributed by atoms with van der Waals surface area (Å²) in [5.41, 5.74) is 1.49. The van der Waals surface area contributed by atoms with Crippen molar-refractivity contribution in [1.29, 1.82) is 0 Å². The molecule has 0 aliphatic carbocycles. The molecule has 2 rings (SSSR count). The van der Waals surface area contributed by atoms with Crippen LogP contribution in [0.15, 0.2) is 42.5 Å². The van der Waals surface area contributed by atoms with E-state index in [9.17, 15) is 14.0 Å². The number of benzene rings is 2. The number of halogens is 1. The van der Waals surface area contributed by atoms with E-state index in [1.54, 1.807) is 44.3 Å². The first kappa shape index (κ1) is 22.4. The summed E-state index contributed by atoms with van der Waals surface area (Å²) >= 11 is 0. The van der Waals surface area contributed by atoms with Gasteiger partial charge in [0.15, 0.2) is 5.78 Å². The minimum absolute atomic E-state index is 0.0297. The standard InChI is InChI=1S/C23H29FN2O3/c1-6-20(27)17-9-7-8-10-19(17)25-22(28)26(5)13-14-29-21-12-11-16(24)15-18(21)23(2,3)4/h7-12,15H,6,13-14H2,1-5H3,(H,25,28). The zero-order chi connectivity index (χ0) is 21.6. The Labute approximate surface area is 171 Å². The molecule has 2 aromatic rings. The number of ether oxygens (including phenoxy) is 1. The van der Waals surface area contributed by atoms with Gasteiger partial charge in [-0.05, 0) is 35.7 Å². The number of nitrogens with one attached hydrogen (secondary N) is 1. The van der Waals surface area contributed by atoms with E-state index in [-0.39, 0.29) is 29.7 Å². The molecule has 0 spiro atoms. The van der Waals surface area contributed by atoms with Gasteiger partial charge < -0.3 is 15.0 Å². The van der Waals surface area contributed by atoms with Crippen molar-refractivity contribution in [3.8, 4) is 5.75 Å². The van der Waals surface area contributed by atoms with Crippen molar-refractivity contribution >= 4 is 17.5 Å². The number of hydrogen-bond donors (Lipinski definition) is 1. The van der Waals surface area contributed by atoms with Gasteiger partial charge in [-0.15, -0.1) is 0 Å². The van der Waals surface area contributed by atoms with Gasteiger partial charge >= 0.3 is 6.03 Å². The summed E-state index contributed by atoms with van der Waals surface area (Å²) in [6, 6.07) is 11.1. The van der Waals surface area contributed by atoms with Gasteiger partial charge in [0, 0.05) is 24.6 Å². The molecular formula is C23H29FN2O3. The van der Waals surface area contributed by atoms with E-state index in [0.717, 1.165) is 5.56 Å². The van der Waals surface area contributed by atoms with Gasteiger partial charge in [-0.2, -0.15) is 0 Å². The summed E-state index contributed by atoms with van der Waals surface area (Å²) in [4.78, 5) is 26.0. The molecule has 0 unspecified atom stereocenters. The fourth-order valence-electron chi connectivity index (χ4n) is 2.84. The highest BCUT2D eigenvalue weighted by Gasteiger charge is 2.20. The summed E-state index contributed by atoms with van der Waals surface area (Å²) in [6.07, 6.45) is 0.365. The molecule has 1 N–H and O–H groups in total. The third kappa shape index (κ3) is 6.04. The SMILES string of the molecule is CCC(=O)c1ccccc1NC(=O)N(C)CCOc1ccc(F)cc1C(C)(C)C. The van der Waals surface area contributed by atoms with Crippen LogP contribution >= 0.6 is 0 Å². The molecule has 0 bridgehead atoms. The lowest BCUT2D eigenvalue weighted by Gasteiger charge is -2.24. The monoisotopic (exact) mass is 400 g/mol. The van der Waals surface area contributed by atoms with E-state index in [2.05, 4.69) is 5.32 Å². The molecule has 0 aliphatic rings. The van der Waals surface area contributed by atoms with Crippen molar-refractivity contribution in [2.24, 2.45) is 0 Å². The Morgan fingerprint density at radius 1 is 1.14 bits per heavy atom. The fraction of sp³-hybridized carbons (Fsp3) is 0.391. The number of para-hydroxylation sites is 1. The Balaban J connectivity index is 1.98. The highest BCUT2D eigenvalue weighted by Crippen LogP contribution is 2.31. The number of carbonyl (C=O) groups excluding carboxylic acids is 2. The predicted molar refractivity (Wildman–Crippen MR) is 113 cm³/mol. The van der Waals surface area contributed by atoms with Crippen molar-refractivity contribution in [1.82, 2.24) is 4.90 Å². The number of nitrogens with zero attached hydrogens (tertiary/aromatic N) is 1. The Hall–Kier alpha value is -2.89. The number of ketones is 1. The summed E-state index contributed by atoms with van der Waals surface area (Å²) in [5, 5.41) is 2.78. The lowest BCUT2D eigenvalue weighted by Crippen LogP contribution is -2.35. The van der Waals surface area contributed by atoms with Gasteiger partial charge in [-0.1, -0.05) is 39.8 Å². The van der Waals surface area contributed by atoms with Gasteiger partial charge in [-0.3, -0.25) is 4.79 Å². The van der Waals surface area contributed by atoms with Crippen LogP contribution in [-0.4, -0.2) is 36.9 Å². The largest absolute Gasteiger partial charge is 0.491 e. The highest BCUT2D eigenvalue weighted by molar-refractivity contribution is 6.04. The normalized spacial score (nSPS) is 11.1. The number of carbonyl (C=O) groups is 2. The van der Waals surface area contributed by atoms with E-state index in [0.29, 0.717) is 30.0 Å². The van der Waals surface area contributed by atoms with E-state index in [4.69, 9.17) is 4.74 Å². The summed E-state index contributed by atoms with van der Waals surface area (Å²) in [6.45, 7) is 8.34. The Morgan fingerprint density at radius 3 is 2.48 bits per heavy atom. The van der Waals surface area contributed by atoms with E-state index in [1.165, 1.54) is 17.0 Å². The van der Waals surface area contributed by atoms with Crippen LogP contribution in [0.2, 0.25) is 0 Å². The van der Waals surface area contributed by atoms with Crippen LogP contribution in [0.5, 0.6) is 5.75 Å². The quantitative estimate of drug-likeness (QED) is 0.645. The maximum atomic E-state index is 13.6. The molecule has 156 valence electrons. The molecule has 0 aromatic heterocycles. The van der Waals surface area contributed by atoms with E-state index >= 15 is 0 Å². The number of hydrogen-bond acceptors (Lipinski definition) is 3. The van der Waals surface area contributed by atoms with E-state index < -0.39 is 0 Å². The Bertz CT molecular complexity index is 875. The fourth-order valence-corrected chi connectivity index (χ4v) is 2.84. The van der Waals surface area contributed by atoms with Gasteiger partial charge in [0.25, 0.3) is 0 Å². The number of rotatable bonds is 7. The van der Waals surface area contributed by atoms with Crippen LogP contribution in [0.25, 0.3) is 0 Å². The second-order valence-electron chi connectivity index (χ2n) is 7.91. The van der Waals surface area contributed by atoms with Gasteiger partial charge in [-0.25, -0.2) is 9.18 Å². The number of amides is 2. The van der Waals surface area contributed by atoms with Crippen LogP contribution in [0.4, 0.5) is 14.9 Å². The van der Waals surface area contributed by atoms with Crippen molar-refractivity contribution in [2.75, 3.05) is 25.5 Å². The van der Waals surface area contributed by atoms with Crippen molar-refractivity contribution in [3.63, 3.8) is 0 Å². The average Bonchev–Trinajstić information content (AvgIpc) is 2.68. The maximum absolute atomic E-state index is 13.6. The third-order valence-corrected chi connectivity index (χ3v) is 4.57. The molecule has 0 radical (unpaired) electrons. The van der Waals surface area contributed by atoms with E-state index in [1.807, 2.05) is 20.8 Å². The molecule has 0 heterocycles. The number of Topliss-reactive ketones (excluding diaryl/α,β-unsaturated/α-hetero) is 1. The van der Waals surface area contributed by atoms with Gasteiger partial charge in [0.1, 0.15) is 18.2 Å². The second kappa shape index (κ2) is 9.54. The van der Waals surface area contributed by atoms with Crippen LogP contribution in [-0.2, 0) is 5.41 Å². The number of anilines is 1. The highest BCUT2D eigenvalue weighted by atomic mass is 19.1. The van der Waals surface area contributed by atoms with Crippen molar-refractivity contribution in [3.05, 3.63) is 59.4 Å². The van der Waals surface area contributed by atoms with Crippen LogP contribution in [0, 0.1) is 5.82 Å². The predicted octanol–water partition coefficient (Wildman–Crippen LogP) is 5.26. The molecule has 2 aromatic carbocycles. The molecule has 0 saturated heterocycles. The van der Waals surface area contributed by atoms with Crippen LogP contribution < -0.4 is 10.1 Å². The van der Waals surface area contributed by atoms with Crippen LogP contribution in [0.1, 0.15) is 50.0 Å². The summed E-state index contributed by atoms with van der Waals surface area (Å²) < 4.78 is 19.4. The lowest BCUT2D eigenvalue weighted by atomic mass is 9.86.